The lowest BCUT2D eigenvalue weighted by atomic mass is 9.96. The molecule has 16 heavy (non-hydrogen) atoms. The predicted octanol–water partition coefficient (Wildman–Crippen LogP) is 0.435. The van der Waals surface area contributed by atoms with Gasteiger partial charge in [0.25, 0.3) is 5.56 Å². The second kappa shape index (κ2) is 3.62. The zero-order valence-corrected chi connectivity index (χ0v) is 8.86. The van der Waals surface area contributed by atoms with Gasteiger partial charge in [-0.15, -0.1) is 0 Å². The highest BCUT2D eigenvalue weighted by atomic mass is 16.4. The van der Waals surface area contributed by atoms with Gasteiger partial charge in [0.05, 0.1) is 6.33 Å². The Bertz CT molecular complexity index is 466. The van der Waals surface area contributed by atoms with Gasteiger partial charge in [0.2, 0.25) is 0 Å². The molecule has 6 heteroatoms. The molecule has 1 aliphatic carbocycles. The van der Waals surface area contributed by atoms with E-state index < -0.39 is 11.5 Å². The average Bonchev–Trinajstić information content (AvgIpc) is 3.00. The van der Waals surface area contributed by atoms with E-state index in [0.717, 1.165) is 12.8 Å². The molecule has 1 fully saturated rings. The number of aromatic amines is 1. The van der Waals surface area contributed by atoms with Gasteiger partial charge < -0.3 is 15.4 Å². The molecule has 1 aromatic rings. The molecule has 0 spiro atoms. The van der Waals surface area contributed by atoms with Crippen LogP contribution >= 0.6 is 0 Å². The smallest absolute Gasteiger partial charge is 0.329 e. The van der Waals surface area contributed by atoms with Crippen molar-refractivity contribution in [1.29, 1.82) is 0 Å². The topological polar surface area (TPSA) is 95.1 Å². The zero-order valence-electron chi connectivity index (χ0n) is 8.86. The second-order valence-electron chi connectivity index (χ2n) is 4.20. The molecule has 6 nitrogen and oxygen atoms in total. The van der Waals surface area contributed by atoms with Crippen molar-refractivity contribution in [3.63, 3.8) is 0 Å². The van der Waals surface area contributed by atoms with E-state index in [1.807, 2.05) is 0 Å². The minimum absolute atomic E-state index is 0.103. The monoisotopic (exact) mass is 223 g/mol. The summed E-state index contributed by atoms with van der Waals surface area (Å²) < 4.78 is 0. The number of carbonyl (C=O) groups is 1. The fourth-order valence-electron chi connectivity index (χ4n) is 1.69. The van der Waals surface area contributed by atoms with Crippen molar-refractivity contribution < 1.29 is 9.90 Å². The number of hydrogen-bond acceptors (Lipinski definition) is 4. The van der Waals surface area contributed by atoms with Crippen molar-refractivity contribution in [3.05, 3.63) is 22.7 Å². The fourth-order valence-corrected chi connectivity index (χ4v) is 1.69. The SMILES string of the molecule is CC(Nc1cc(=O)[nH]cn1)(C(=O)O)C1CC1. The van der Waals surface area contributed by atoms with E-state index in [4.69, 9.17) is 0 Å². The van der Waals surface area contributed by atoms with E-state index in [2.05, 4.69) is 15.3 Å². The first-order valence-corrected chi connectivity index (χ1v) is 5.08. The Kier molecular flexibility index (Phi) is 2.41. The van der Waals surface area contributed by atoms with Gasteiger partial charge in [-0.05, 0) is 25.7 Å². The van der Waals surface area contributed by atoms with Crippen LogP contribution < -0.4 is 10.9 Å². The van der Waals surface area contributed by atoms with Gasteiger partial charge in [0.1, 0.15) is 11.4 Å². The highest BCUT2D eigenvalue weighted by Gasteiger charge is 2.47. The summed E-state index contributed by atoms with van der Waals surface area (Å²) in [4.78, 5) is 28.5. The molecule has 0 saturated heterocycles. The molecule has 0 amide bonds. The summed E-state index contributed by atoms with van der Waals surface area (Å²) in [6.07, 6.45) is 3.03. The summed E-state index contributed by atoms with van der Waals surface area (Å²) >= 11 is 0. The van der Waals surface area contributed by atoms with Crippen LogP contribution in [0.5, 0.6) is 0 Å². The predicted molar refractivity (Wildman–Crippen MR) is 57.2 cm³/mol. The first kappa shape index (κ1) is 10.7. The summed E-state index contributed by atoms with van der Waals surface area (Å²) in [5.74, 6) is -0.524. The number of nitrogens with one attached hydrogen (secondary N) is 2. The average molecular weight is 223 g/mol. The molecule has 3 N–H and O–H groups in total. The van der Waals surface area contributed by atoms with Crippen LogP contribution in [-0.4, -0.2) is 26.6 Å². The number of carboxylic acids is 1. The second-order valence-corrected chi connectivity index (χ2v) is 4.20. The third kappa shape index (κ3) is 1.91. The van der Waals surface area contributed by atoms with Crippen molar-refractivity contribution in [1.82, 2.24) is 9.97 Å². The Balaban J connectivity index is 2.24. The molecule has 0 aromatic carbocycles. The molecule has 0 aliphatic heterocycles. The van der Waals surface area contributed by atoms with Gasteiger partial charge in [-0.1, -0.05) is 0 Å². The molecule has 0 bridgehead atoms. The minimum atomic E-state index is -1.04. The van der Waals surface area contributed by atoms with Gasteiger partial charge in [0.15, 0.2) is 0 Å². The van der Waals surface area contributed by atoms with Crippen LogP contribution in [0.25, 0.3) is 0 Å². The molecule has 1 aromatic heterocycles. The first-order chi connectivity index (χ1) is 7.52. The highest BCUT2D eigenvalue weighted by Crippen LogP contribution is 2.41. The van der Waals surface area contributed by atoms with E-state index in [9.17, 15) is 14.7 Å². The van der Waals surface area contributed by atoms with Crippen LogP contribution in [-0.2, 0) is 4.79 Å². The van der Waals surface area contributed by atoms with Crippen LogP contribution in [0.3, 0.4) is 0 Å². The Morgan fingerprint density at radius 1 is 1.69 bits per heavy atom. The largest absolute Gasteiger partial charge is 0.480 e. The van der Waals surface area contributed by atoms with Gasteiger partial charge in [-0.3, -0.25) is 4.79 Å². The molecule has 1 heterocycles. The zero-order chi connectivity index (χ0) is 11.8. The number of aromatic nitrogens is 2. The Labute approximate surface area is 91.7 Å². The van der Waals surface area contributed by atoms with E-state index in [1.165, 1.54) is 12.4 Å². The van der Waals surface area contributed by atoms with Crippen molar-refractivity contribution in [3.8, 4) is 0 Å². The number of H-pyrrole nitrogens is 1. The van der Waals surface area contributed by atoms with Crippen molar-refractivity contribution in [2.75, 3.05) is 5.32 Å². The van der Waals surface area contributed by atoms with Crippen LogP contribution in [0.1, 0.15) is 19.8 Å². The summed E-state index contributed by atoms with van der Waals surface area (Å²) in [5, 5.41) is 12.0. The Hall–Kier alpha value is -1.85. The number of rotatable bonds is 4. The number of carboxylic acid groups (broad SMARTS) is 1. The number of aliphatic carboxylic acids is 1. The molecule has 1 unspecified atom stereocenters. The summed E-state index contributed by atoms with van der Waals surface area (Å²) in [6.45, 7) is 1.62. The van der Waals surface area contributed by atoms with Crippen molar-refractivity contribution in [2.45, 2.75) is 25.3 Å². The molecular formula is C10H13N3O3. The van der Waals surface area contributed by atoms with Gasteiger partial charge in [0, 0.05) is 6.07 Å². The maximum atomic E-state index is 11.2. The van der Waals surface area contributed by atoms with E-state index in [-0.39, 0.29) is 11.5 Å². The quantitative estimate of drug-likeness (QED) is 0.688. The molecule has 2 rings (SSSR count). The molecular weight excluding hydrogens is 210 g/mol. The molecule has 1 saturated carbocycles. The third-order valence-corrected chi connectivity index (χ3v) is 2.90. The normalized spacial score (nSPS) is 18.8. The van der Waals surface area contributed by atoms with Crippen LogP contribution in [0.2, 0.25) is 0 Å². The van der Waals surface area contributed by atoms with Crippen LogP contribution in [0.15, 0.2) is 17.2 Å². The minimum Gasteiger partial charge on any atom is -0.480 e. The maximum absolute atomic E-state index is 11.2. The van der Waals surface area contributed by atoms with Crippen LogP contribution in [0, 0.1) is 5.92 Å². The number of nitrogens with zero attached hydrogens (tertiary/aromatic N) is 1. The maximum Gasteiger partial charge on any atom is 0.329 e. The number of hydrogen-bond donors (Lipinski definition) is 3. The Morgan fingerprint density at radius 3 is 2.88 bits per heavy atom. The fraction of sp³-hybridized carbons (Fsp3) is 0.500. The Morgan fingerprint density at radius 2 is 2.38 bits per heavy atom. The lowest BCUT2D eigenvalue weighted by molar-refractivity contribution is -0.142. The molecule has 1 aliphatic rings. The molecule has 1 atom stereocenters. The summed E-state index contributed by atoms with van der Waals surface area (Å²) in [5.41, 5.74) is -1.35. The summed E-state index contributed by atoms with van der Waals surface area (Å²) in [6, 6.07) is 1.25. The first-order valence-electron chi connectivity index (χ1n) is 5.08. The van der Waals surface area contributed by atoms with E-state index >= 15 is 0 Å². The van der Waals surface area contributed by atoms with Gasteiger partial charge in [-0.2, -0.15) is 0 Å². The summed E-state index contributed by atoms with van der Waals surface area (Å²) in [7, 11) is 0. The number of anilines is 1. The third-order valence-electron chi connectivity index (χ3n) is 2.90. The lowest BCUT2D eigenvalue weighted by Crippen LogP contribution is -2.46. The highest BCUT2D eigenvalue weighted by molar-refractivity contribution is 5.82. The molecule has 0 radical (unpaired) electrons. The van der Waals surface area contributed by atoms with Gasteiger partial charge in [-0.25, -0.2) is 9.78 Å². The van der Waals surface area contributed by atoms with Crippen LogP contribution in [0.4, 0.5) is 5.82 Å². The molecule has 86 valence electrons. The van der Waals surface area contributed by atoms with Crippen molar-refractivity contribution in [2.24, 2.45) is 5.92 Å². The van der Waals surface area contributed by atoms with Crippen molar-refractivity contribution >= 4 is 11.8 Å². The van der Waals surface area contributed by atoms with E-state index in [0.29, 0.717) is 5.82 Å². The van der Waals surface area contributed by atoms with E-state index in [1.54, 1.807) is 6.92 Å². The standard InChI is InChI=1S/C10H13N3O3/c1-10(9(15)16,6-2-3-6)13-7-4-8(14)12-5-11-7/h4-6H,2-3H2,1H3,(H,15,16)(H2,11,12,13,14). The van der Waals surface area contributed by atoms with Gasteiger partial charge >= 0.3 is 5.97 Å². The lowest BCUT2D eigenvalue weighted by Gasteiger charge is -2.26.